The van der Waals surface area contributed by atoms with E-state index in [-0.39, 0.29) is 5.91 Å². The number of ether oxygens (including phenoxy) is 2. The number of amides is 1. The maximum Gasteiger partial charge on any atom is 0.260 e. The van der Waals surface area contributed by atoms with Crippen LogP contribution in [0, 0.1) is 13.8 Å². The third kappa shape index (κ3) is 5.67. The topological polar surface area (TPSA) is 47.6 Å². The number of aryl methyl sites for hydroxylation is 3. The highest BCUT2D eigenvalue weighted by Crippen LogP contribution is 2.26. The van der Waals surface area contributed by atoms with Gasteiger partial charge in [-0.1, -0.05) is 23.7 Å². The number of carbonyl (C=O) groups is 1. The van der Waals surface area contributed by atoms with E-state index >= 15 is 0 Å². The van der Waals surface area contributed by atoms with Gasteiger partial charge in [0, 0.05) is 11.6 Å². The number of carbonyl (C=O) groups excluding carboxylic acids is 1. The minimum atomic E-state index is -0.563. The van der Waals surface area contributed by atoms with E-state index in [0.29, 0.717) is 12.3 Å². The molecule has 2 rings (SSSR count). The number of methoxy groups -OCH3 is 1. The average Bonchev–Trinajstić information content (AvgIpc) is 2.63. The zero-order chi connectivity index (χ0) is 19.1. The maximum atomic E-state index is 12.2. The number of rotatable bonds is 8. The highest BCUT2D eigenvalue weighted by molar-refractivity contribution is 6.32. The van der Waals surface area contributed by atoms with E-state index in [1.807, 2.05) is 44.2 Å². The average molecular weight is 376 g/mol. The third-order valence-electron chi connectivity index (χ3n) is 4.17. The van der Waals surface area contributed by atoms with Gasteiger partial charge in [-0.25, -0.2) is 0 Å². The molecule has 2 aromatic rings. The van der Waals surface area contributed by atoms with Crippen LogP contribution in [0.4, 0.5) is 0 Å². The highest BCUT2D eigenvalue weighted by atomic mass is 35.5. The Morgan fingerprint density at radius 2 is 1.85 bits per heavy atom. The fourth-order valence-electron chi connectivity index (χ4n) is 2.71. The van der Waals surface area contributed by atoms with Crippen molar-refractivity contribution in [3.8, 4) is 11.5 Å². The quantitative estimate of drug-likeness (QED) is 0.692. The summed E-state index contributed by atoms with van der Waals surface area (Å²) in [6.07, 6.45) is 1.17. The molecule has 26 heavy (non-hydrogen) atoms. The molecule has 0 saturated carbocycles. The van der Waals surface area contributed by atoms with Gasteiger partial charge in [0.2, 0.25) is 0 Å². The minimum absolute atomic E-state index is 0.124. The summed E-state index contributed by atoms with van der Waals surface area (Å²) in [4.78, 5) is 12.2. The first kappa shape index (κ1) is 20.1. The van der Waals surface area contributed by atoms with Crippen LogP contribution >= 0.6 is 11.6 Å². The lowest BCUT2D eigenvalue weighted by Gasteiger charge is -2.16. The predicted octanol–water partition coefficient (Wildman–Crippen LogP) is 4.48. The normalized spacial score (nSPS) is 11.7. The summed E-state index contributed by atoms with van der Waals surface area (Å²) >= 11 is 6.16. The fraction of sp³-hybridized carbons (Fsp3) is 0.381. The molecule has 0 aromatic heterocycles. The van der Waals surface area contributed by atoms with E-state index < -0.39 is 6.10 Å². The lowest BCUT2D eigenvalue weighted by atomic mass is 10.1. The zero-order valence-electron chi connectivity index (χ0n) is 15.8. The number of nitrogens with one attached hydrogen (secondary N) is 1. The first-order valence-corrected chi connectivity index (χ1v) is 9.12. The van der Waals surface area contributed by atoms with Gasteiger partial charge >= 0.3 is 0 Å². The Hall–Kier alpha value is -2.20. The molecule has 1 atom stereocenters. The van der Waals surface area contributed by atoms with Gasteiger partial charge in [0.25, 0.3) is 5.91 Å². The van der Waals surface area contributed by atoms with Crippen molar-refractivity contribution < 1.29 is 14.3 Å². The van der Waals surface area contributed by atoms with Gasteiger partial charge in [0.1, 0.15) is 11.5 Å². The van der Waals surface area contributed by atoms with Crippen molar-refractivity contribution in [2.24, 2.45) is 0 Å². The Kier molecular flexibility index (Phi) is 7.34. The second-order valence-electron chi connectivity index (χ2n) is 6.38. The van der Waals surface area contributed by atoms with E-state index in [4.69, 9.17) is 21.1 Å². The predicted molar refractivity (Wildman–Crippen MR) is 105 cm³/mol. The standard InChI is InChI=1S/C21H26ClNO3/c1-14-11-19(12-15(2)20(14)22)26-16(3)21(24)23-10-6-8-17-7-5-9-18(13-17)25-4/h5,7,9,11-13,16H,6,8,10H2,1-4H3,(H,23,24). The second-order valence-corrected chi connectivity index (χ2v) is 6.76. The SMILES string of the molecule is COc1cccc(CCCNC(=O)C(C)Oc2cc(C)c(Cl)c(C)c2)c1. The zero-order valence-corrected chi connectivity index (χ0v) is 16.5. The number of hydrogen-bond acceptors (Lipinski definition) is 3. The van der Waals surface area contributed by atoms with E-state index in [1.165, 1.54) is 5.56 Å². The summed E-state index contributed by atoms with van der Waals surface area (Å²) in [5, 5.41) is 3.65. The summed E-state index contributed by atoms with van der Waals surface area (Å²) in [5.41, 5.74) is 3.06. The van der Waals surface area contributed by atoms with Gasteiger partial charge in [-0.05, 0) is 74.6 Å². The lowest BCUT2D eigenvalue weighted by Crippen LogP contribution is -2.37. The van der Waals surface area contributed by atoms with Crippen LogP contribution < -0.4 is 14.8 Å². The van der Waals surface area contributed by atoms with Gasteiger partial charge in [-0.2, -0.15) is 0 Å². The van der Waals surface area contributed by atoms with Gasteiger partial charge in [0.15, 0.2) is 6.10 Å². The Morgan fingerprint density at radius 3 is 2.50 bits per heavy atom. The van der Waals surface area contributed by atoms with Crippen molar-refractivity contribution >= 4 is 17.5 Å². The van der Waals surface area contributed by atoms with E-state index in [2.05, 4.69) is 11.4 Å². The molecule has 0 heterocycles. The molecule has 5 heteroatoms. The van der Waals surface area contributed by atoms with Crippen LogP contribution in [-0.4, -0.2) is 25.7 Å². The van der Waals surface area contributed by atoms with Gasteiger partial charge in [0.05, 0.1) is 7.11 Å². The summed E-state index contributed by atoms with van der Waals surface area (Å²) in [6.45, 7) is 6.19. The molecule has 0 spiro atoms. The monoisotopic (exact) mass is 375 g/mol. The van der Waals surface area contributed by atoms with Crippen molar-refractivity contribution in [1.82, 2.24) is 5.32 Å². The van der Waals surface area contributed by atoms with Crippen LogP contribution in [0.5, 0.6) is 11.5 Å². The van der Waals surface area contributed by atoms with Crippen LogP contribution in [0.25, 0.3) is 0 Å². The maximum absolute atomic E-state index is 12.2. The van der Waals surface area contributed by atoms with Crippen molar-refractivity contribution in [3.05, 3.63) is 58.1 Å². The Bertz CT molecular complexity index is 738. The molecule has 1 unspecified atom stereocenters. The molecule has 1 amide bonds. The largest absolute Gasteiger partial charge is 0.497 e. The van der Waals surface area contributed by atoms with Gasteiger partial charge in [-0.15, -0.1) is 0 Å². The Balaban J connectivity index is 1.78. The first-order valence-electron chi connectivity index (χ1n) is 8.74. The van der Waals surface area contributed by atoms with Crippen molar-refractivity contribution in [2.45, 2.75) is 39.7 Å². The smallest absolute Gasteiger partial charge is 0.260 e. The summed E-state index contributed by atoms with van der Waals surface area (Å²) in [7, 11) is 1.66. The molecular formula is C21H26ClNO3. The van der Waals surface area contributed by atoms with Crippen LogP contribution in [0.15, 0.2) is 36.4 Å². The van der Waals surface area contributed by atoms with Crippen molar-refractivity contribution in [2.75, 3.05) is 13.7 Å². The number of hydrogen-bond donors (Lipinski definition) is 1. The summed E-state index contributed by atoms with van der Waals surface area (Å²) in [5.74, 6) is 1.38. The second kappa shape index (κ2) is 9.48. The van der Waals surface area contributed by atoms with Crippen LogP contribution in [0.1, 0.15) is 30.0 Å². The lowest BCUT2D eigenvalue weighted by molar-refractivity contribution is -0.127. The number of benzene rings is 2. The molecule has 0 bridgehead atoms. The van der Waals surface area contributed by atoms with Crippen LogP contribution in [0.2, 0.25) is 5.02 Å². The van der Waals surface area contributed by atoms with Crippen molar-refractivity contribution in [1.29, 1.82) is 0 Å². The molecule has 2 aromatic carbocycles. The van der Waals surface area contributed by atoms with Crippen LogP contribution in [-0.2, 0) is 11.2 Å². The molecule has 0 fully saturated rings. The van der Waals surface area contributed by atoms with E-state index in [1.54, 1.807) is 14.0 Å². The Morgan fingerprint density at radius 1 is 1.15 bits per heavy atom. The summed E-state index contributed by atoms with van der Waals surface area (Å²) < 4.78 is 11.0. The molecule has 0 aliphatic heterocycles. The number of halogens is 1. The first-order chi connectivity index (χ1) is 12.4. The van der Waals surface area contributed by atoms with E-state index in [9.17, 15) is 4.79 Å². The molecule has 1 N–H and O–H groups in total. The molecule has 0 aliphatic carbocycles. The van der Waals surface area contributed by atoms with Gasteiger partial charge < -0.3 is 14.8 Å². The fourth-order valence-corrected chi connectivity index (χ4v) is 2.82. The molecular weight excluding hydrogens is 350 g/mol. The van der Waals surface area contributed by atoms with Crippen LogP contribution in [0.3, 0.4) is 0 Å². The Labute approximate surface area is 160 Å². The van der Waals surface area contributed by atoms with Gasteiger partial charge in [-0.3, -0.25) is 4.79 Å². The minimum Gasteiger partial charge on any atom is -0.497 e. The van der Waals surface area contributed by atoms with Crippen molar-refractivity contribution in [3.63, 3.8) is 0 Å². The molecule has 0 radical (unpaired) electrons. The molecule has 140 valence electrons. The molecule has 4 nitrogen and oxygen atoms in total. The molecule has 0 aliphatic rings. The third-order valence-corrected chi connectivity index (χ3v) is 4.76. The van der Waals surface area contributed by atoms with E-state index in [0.717, 1.165) is 34.7 Å². The molecule has 0 saturated heterocycles. The highest BCUT2D eigenvalue weighted by Gasteiger charge is 2.15. The summed E-state index contributed by atoms with van der Waals surface area (Å²) in [6, 6.07) is 11.7.